The molecule has 0 aromatic heterocycles. The first-order chi connectivity index (χ1) is 9.39. The van der Waals surface area contributed by atoms with Gasteiger partial charge in [0.25, 0.3) is 0 Å². The maximum atomic E-state index is 11.5. The lowest BCUT2D eigenvalue weighted by molar-refractivity contribution is 0.403. The summed E-state index contributed by atoms with van der Waals surface area (Å²) in [5, 5.41) is 0. The molecule has 1 aliphatic rings. The van der Waals surface area contributed by atoms with Gasteiger partial charge >= 0.3 is 0 Å². The highest BCUT2D eigenvalue weighted by atomic mass is 32.2. The molecule has 0 radical (unpaired) electrons. The van der Waals surface area contributed by atoms with Crippen molar-refractivity contribution in [1.82, 2.24) is 0 Å². The van der Waals surface area contributed by atoms with E-state index in [9.17, 15) is 8.42 Å². The summed E-state index contributed by atoms with van der Waals surface area (Å²) < 4.78 is 28.3. The maximum absolute atomic E-state index is 11.5. The van der Waals surface area contributed by atoms with Gasteiger partial charge in [0.2, 0.25) is 0 Å². The average molecular weight is 297 g/mol. The van der Waals surface area contributed by atoms with Crippen LogP contribution in [0.1, 0.15) is 24.0 Å². The topological polar surface area (TPSA) is 69.4 Å². The lowest BCUT2D eigenvalue weighted by atomic mass is 9.94. The number of sulfone groups is 1. The third-order valence-corrected chi connectivity index (χ3v) is 5.72. The Balaban J connectivity index is 1.98. The molecule has 0 amide bonds. The van der Waals surface area contributed by atoms with Gasteiger partial charge in [-0.1, -0.05) is 17.7 Å². The summed E-state index contributed by atoms with van der Waals surface area (Å²) in [5.41, 5.74) is 8.47. The van der Waals surface area contributed by atoms with Gasteiger partial charge in [0.15, 0.2) is 9.84 Å². The smallest absolute Gasteiger partial charge is 0.150 e. The van der Waals surface area contributed by atoms with Gasteiger partial charge in [-0.25, -0.2) is 8.42 Å². The highest BCUT2D eigenvalue weighted by Crippen LogP contribution is 2.26. The minimum absolute atomic E-state index is 0.0241. The second-order valence-corrected chi connectivity index (χ2v) is 8.01. The normalized spacial score (nSPS) is 22.6. The van der Waals surface area contributed by atoms with Crippen LogP contribution in [0.15, 0.2) is 18.2 Å². The Kier molecular flexibility index (Phi) is 4.70. The van der Waals surface area contributed by atoms with Gasteiger partial charge in [-0.3, -0.25) is 0 Å². The SMILES string of the molecule is COc1ccc(C)cc1CC(N)CC1CCS(=O)(=O)C1. The number of ether oxygens (including phenoxy) is 1. The van der Waals surface area contributed by atoms with Gasteiger partial charge < -0.3 is 10.5 Å². The molecule has 1 aromatic rings. The van der Waals surface area contributed by atoms with E-state index in [-0.39, 0.29) is 12.0 Å². The molecule has 0 spiro atoms. The Morgan fingerprint density at radius 2 is 2.20 bits per heavy atom. The number of methoxy groups -OCH3 is 1. The van der Waals surface area contributed by atoms with Gasteiger partial charge in [0, 0.05) is 6.04 Å². The van der Waals surface area contributed by atoms with Crippen molar-refractivity contribution in [3.05, 3.63) is 29.3 Å². The number of hydrogen-bond donors (Lipinski definition) is 1. The molecule has 1 heterocycles. The van der Waals surface area contributed by atoms with Crippen molar-refractivity contribution in [3.8, 4) is 5.75 Å². The van der Waals surface area contributed by atoms with Gasteiger partial charge in [0.05, 0.1) is 18.6 Å². The van der Waals surface area contributed by atoms with Crippen LogP contribution in [0.3, 0.4) is 0 Å². The van der Waals surface area contributed by atoms with E-state index in [1.807, 2.05) is 19.1 Å². The van der Waals surface area contributed by atoms with Crippen molar-refractivity contribution >= 4 is 9.84 Å². The zero-order chi connectivity index (χ0) is 14.8. The van der Waals surface area contributed by atoms with Crippen LogP contribution in [-0.2, 0) is 16.3 Å². The van der Waals surface area contributed by atoms with Gasteiger partial charge in [-0.05, 0) is 43.7 Å². The van der Waals surface area contributed by atoms with E-state index in [2.05, 4.69) is 6.07 Å². The van der Waals surface area contributed by atoms with Crippen LogP contribution in [-0.4, -0.2) is 33.1 Å². The maximum Gasteiger partial charge on any atom is 0.150 e. The zero-order valence-electron chi connectivity index (χ0n) is 12.1. The van der Waals surface area contributed by atoms with Crippen LogP contribution >= 0.6 is 0 Å². The predicted molar refractivity (Wildman–Crippen MR) is 80.8 cm³/mol. The molecule has 0 bridgehead atoms. The number of benzene rings is 1. The van der Waals surface area contributed by atoms with Crippen molar-refractivity contribution in [2.24, 2.45) is 11.7 Å². The summed E-state index contributed by atoms with van der Waals surface area (Å²) in [6.45, 7) is 2.04. The third-order valence-electron chi connectivity index (χ3n) is 3.88. The molecule has 1 saturated heterocycles. The van der Waals surface area contributed by atoms with Crippen molar-refractivity contribution in [3.63, 3.8) is 0 Å². The first-order valence-corrected chi connectivity index (χ1v) is 8.81. The second-order valence-electron chi connectivity index (χ2n) is 5.78. The minimum atomic E-state index is -2.81. The summed E-state index contributed by atoms with van der Waals surface area (Å²) in [5.74, 6) is 1.68. The predicted octanol–water partition coefficient (Wildman–Crippen LogP) is 1.70. The molecule has 0 saturated carbocycles. The summed E-state index contributed by atoms with van der Waals surface area (Å²) in [6.07, 6.45) is 2.23. The number of nitrogens with two attached hydrogens (primary N) is 1. The molecule has 1 aliphatic heterocycles. The van der Waals surface area contributed by atoms with Gasteiger partial charge in [-0.15, -0.1) is 0 Å². The Hall–Kier alpha value is -1.07. The van der Waals surface area contributed by atoms with Crippen LogP contribution in [0.4, 0.5) is 0 Å². The van der Waals surface area contributed by atoms with Crippen molar-refractivity contribution in [1.29, 1.82) is 0 Å². The van der Waals surface area contributed by atoms with E-state index >= 15 is 0 Å². The van der Waals surface area contributed by atoms with Crippen LogP contribution in [0.5, 0.6) is 5.75 Å². The summed E-state index contributed by atoms with van der Waals surface area (Å²) in [7, 11) is -1.16. The van der Waals surface area contributed by atoms with Gasteiger partial charge in [-0.2, -0.15) is 0 Å². The molecule has 112 valence electrons. The van der Waals surface area contributed by atoms with E-state index in [0.717, 1.165) is 30.6 Å². The molecule has 2 rings (SSSR count). The summed E-state index contributed by atoms with van der Waals surface area (Å²) in [4.78, 5) is 0. The molecule has 1 aromatic carbocycles. The fourth-order valence-corrected chi connectivity index (χ4v) is 4.80. The first kappa shape index (κ1) is 15.3. The van der Waals surface area contributed by atoms with Crippen LogP contribution in [0.25, 0.3) is 0 Å². The van der Waals surface area contributed by atoms with Crippen molar-refractivity contribution < 1.29 is 13.2 Å². The van der Waals surface area contributed by atoms with E-state index in [4.69, 9.17) is 10.5 Å². The molecular formula is C15H23NO3S. The zero-order valence-corrected chi connectivity index (χ0v) is 12.9. The highest BCUT2D eigenvalue weighted by Gasteiger charge is 2.29. The molecular weight excluding hydrogens is 274 g/mol. The van der Waals surface area contributed by atoms with Gasteiger partial charge in [0.1, 0.15) is 5.75 Å². The standard InChI is InChI=1S/C15H23NO3S/c1-11-3-4-15(19-2)13(7-11)9-14(16)8-12-5-6-20(17,18)10-12/h3-4,7,12,14H,5-6,8-10,16H2,1-2H3. The third kappa shape index (κ3) is 3.96. The van der Waals surface area contributed by atoms with Crippen LogP contribution in [0.2, 0.25) is 0 Å². The van der Waals surface area contributed by atoms with E-state index in [1.165, 1.54) is 5.56 Å². The quantitative estimate of drug-likeness (QED) is 0.898. The monoisotopic (exact) mass is 297 g/mol. The van der Waals surface area contributed by atoms with E-state index < -0.39 is 9.84 Å². The Labute approximate surface area is 121 Å². The van der Waals surface area contributed by atoms with Crippen LogP contribution < -0.4 is 10.5 Å². The molecule has 5 heteroatoms. The summed E-state index contributed by atoms with van der Waals surface area (Å²) in [6, 6.07) is 6.03. The molecule has 4 nitrogen and oxygen atoms in total. The highest BCUT2D eigenvalue weighted by molar-refractivity contribution is 7.91. The fraction of sp³-hybridized carbons (Fsp3) is 0.600. The molecule has 2 unspecified atom stereocenters. The molecule has 0 aliphatic carbocycles. The Morgan fingerprint density at radius 3 is 2.80 bits per heavy atom. The summed E-state index contributed by atoms with van der Waals surface area (Å²) >= 11 is 0. The van der Waals surface area contributed by atoms with E-state index in [0.29, 0.717) is 11.5 Å². The van der Waals surface area contributed by atoms with Crippen LogP contribution in [0, 0.1) is 12.8 Å². The lowest BCUT2D eigenvalue weighted by Crippen LogP contribution is -2.26. The van der Waals surface area contributed by atoms with E-state index in [1.54, 1.807) is 7.11 Å². The molecule has 1 fully saturated rings. The lowest BCUT2D eigenvalue weighted by Gasteiger charge is -2.17. The second kappa shape index (κ2) is 6.14. The molecule has 2 N–H and O–H groups in total. The Morgan fingerprint density at radius 1 is 1.45 bits per heavy atom. The number of rotatable bonds is 5. The largest absolute Gasteiger partial charge is 0.496 e. The first-order valence-electron chi connectivity index (χ1n) is 6.99. The number of aryl methyl sites for hydroxylation is 1. The molecule has 20 heavy (non-hydrogen) atoms. The van der Waals surface area contributed by atoms with Crippen molar-refractivity contribution in [2.45, 2.75) is 32.2 Å². The Bertz CT molecular complexity index is 568. The minimum Gasteiger partial charge on any atom is -0.496 e. The fourth-order valence-electron chi connectivity index (χ4n) is 2.92. The number of hydrogen-bond acceptors (Lipinski definition) is 4. The van der Waals surface area contributed by atoms with Crippen molar-refractivity contribution in [2.75, 3.05) is 18.6 Å². The average Bonchev–Trinajstić information content (AvgIpc) is 2.68. The molecule has 2 atom stereocenters.